The Kier molecular flexibility index (Phi) is 6.95. The fraction of sp³-hybridized carbons (Fsp3) is 0.542. The van der Waals surface area contributed by atoms with E-state index in [9.17, 15) is 9.59 Å². The van der Waals surface area contributed by atoms with E-state index in [1.165, 1.54) is 4.68 Å². The van der Waals surface area contributed by atoms with Crippen LogP contribution < -0.4 is 10.9 Å². The first-order valence-corrected chi connectivity index (χ1v) is 11.8. The topological polar surface area (TPSA) is 85.7 Å². The number of halogens is 1. The monoisotopic (exact) mass is 474 g/mol. The molecule has 9 heteroatoms. The summed E-state index contributed by atoms with van der Waals surface area (Å²) in [5.74, 6) is 0.394. The summed E-state index contributed by atoms with van der Waals surface area (Å²) in [5.41, 5.74) is 2.31. The molecule has 0 unspecified atom stereocenters. The quantitative estimate of drug-likeness (QED) is 0.720. The molecular weight excluding hydrogens is 444 g/mol. The summed E-state index contributed by atoms with van der Waals surface area (Å²) in [7, 11) is 0. The first kappa shape index (κ1) is 23.6. The van der Waals surface area contributed by atoms with Crippen molar-refractivity contribution in [2.75, 3.05) is 31.6 Å². The molecule has 1 saturated heterocycles. The first-order chi connectivity index (χ1) is 15.7. The molecule has 1 aromatic heterocycles. The van der Waals surface area contributed by atoms with Gasteiger partial charge in [0.2, 0.25) is 0 Å². The van der Waals surface area contributed by atoms with Gasteiger partial charge in [-0.15, -0.1) is 0 Å². The van der Waals surface area contributed by atoms with Gasteiger partial charge in [0.1, 0.15) is 10.6 Å². The minimum atomic E-state index is -0.549. The Bertz CT molecular complexity index is 1070. The van der Waals surface area contributed by atoms with Crippen molar-refractivity contribution < 1.29 is 14.3 Å². The molecule has 0 spiro atoms. The summed E-state index contributed by atoms with van der Waals surface area (Å²) in [5, 5.41) is 7.69. The summed E-state index contributed by atoms with van der Waals surface area (Å²) in [4.78, 5) is 27.1. The Morgan fingerprint density at radius 1 is 1.33 bits per heavy atom. The van der Waals surface area contributed by atoms with E-state index in [-0.39, 0.29) is 16.7 Å². The second kappa shape index (κ2) is 9.73. The lowest BCUT2D eigenvalue weighted by atomic mass is 9.99. The van der Waals surface area contributed by atoms with Crippen LogP contribution in [0.3, 0.4) is 0 Å². The van der Waals surface area contributed by atoms with Crippen LogP contribution in [0.4, 0.5) is 10.5 Å². The number of amides is 1. The van der Waals surface area contributed by atoms with Crippen molar-refractivity contribution in [3.63, 3.8) is 0 Å². The number of aromatic nitrogens is 2. The Hall–Kier alpha value is -2.58. The van der Waals surface area contributed by atoms with Crippen molar-refractivity contribution in [3.8, 4) is 5.69 Å². The molecule has 4 rings (SSSR count). The molecule has 0 saturated carbocycles. The molecule has 1 aromatic carbocycles. The molecule has 0 radical (unpaired) electrons. The largest absolute Gasteiger partial charge is 0.444 e. The highest BCUT2D eigenvalue weighted by molar-refractivity contribution is 6.32. The lowest BCUT2D eigenvalue weighted by molar-refractivity contribution is 0.0224. The van der Waals surface area contributed by atoms with Crippen molar-refractivity contribution in [1.29, 1.82) is 0 Å². The number of fused-ring (bicyclic) bond motifs is 1. The maximum Gasteiger partial charge on any atom is 0.410 e. The van der Waals surface area contributed by atoms with Crippen LogP contribution in [-0.2, 0) is 22.4 Å². The van der Waals surface area contributed by atoms with Gasteiger partial charge in [0.25, 0.3) is 5.56 Å². The van der Waals surface area contributed by atoms with Gasteiger partial charge in [-0.25, -0.2) is 4.79 Å². The standard InChI is InChI=1S/C24H31ClN4O4/c1-24(2,3)33-23(31)28-9-8-17-6-7-19(11-18(17)14-28)29-22(30)21(25)20(13-27-29)26-12-16-5-4-10-32-15-16/h6-7,11,13,16,26H,4-5,8-10,12,14-15H2,1-3H3/t16-/m1/s1. The van der Waals surface area contributed by atoms with Gasteiger partial charge < -0.3 is 19.7 Å². The van der Waals surface area contributed by atoms with Crippen LogP contribution >= 0.6 is 11.6 Å². The van der Waals surface area contributed by atoms with Crippen LogP contribution in [0.25, 0.3) is 5.69 Å². The highest BCUT2D eigenvalue weighted by Gasteiger charge is 2.26. The number of ether oxygens (including phenoxy) is 2. The van der Waals surface area contributed by atoms with Gasteiger partial charge in [-0.3, -0.25) is 4.79 Å². The lowest BCUT2D eigenvalue weighted by Gasteiger charge is -2.31. The minimum Gasteiger partial charge on any atom is -0.444 e. The zero-order valence-electron chi connectivity index (χ0n) is 19.4. The average Bonchev–Trinajstić information content (AvgIpc) is 2.79. The third-order valence-electron chi connectivity index (χ3n) is 5.85. The normalized spacial score (nSPS) is 18.5. The van der Waals surface area contributed by atoms with Crippen molar-refractivity contribution in [3.05, 3.63) is 50.9 Å². The molecule has 8 nitrogen and oxygen atoms in total. The second-order valence-corrected chi connectivity index (χ2v) is 10.0. The number of nitrogens with one attached hydrogen (secondary N) is 1. The Morgan fingerprint density at radius 2 is 2.15 bits per heavy atom. The molecule has 2 aliphatic heterocycles. The number of rotatable bonds is 4. The number of hydrogen-bond donors (Lipinski definition) is 1. The molecule has 3 heterocycles. The molecule has 1 atom stereocenters. The molecule has 1 amide bonds. The summed E-state index contributed by atoms with van der Waals surface area (Å²) < 4.78 is 12.3. The molecule has 2 aliphatic rings. The number of anilines is 1. The fourth-order valence-electron chi connectivity index (χ4n) is 4.12. The van der Waals surface area contributed by atoms with Crippen molar-refractivity contribution in [2.24, 2.45) is 5.92 Å². The molecule has 0 aliphatic carbocycles. The van der Waals surface area contributed by atoms with Crippen LogP contribution in [0.15, 0.2) is 29.2 Å². The van der Waals surface area contributed by atoms with E-state index in [1.54, 1.807) is 11.1 Å². The predicted molar refractivity (Wildman–Crippen MR) is 127 cm³/mol. The van der Waals surface area contributed by atoms with Gasteiger partial charge in [-0.2, -0.15) is 9.78 Å². The van der Waals surface area contributed by atoms with E-state index < -0.39 is 5.60 Å². The molecule has 1 N–H and O–H groups in total. The molecule has 1 fully saturated rings. The zero-order chi connectivity index (χ0) is 23.6. The van der Waals surface area contributed by atoms with Crippen LogP contribution in [0.5, 0.6) is 0 Å². The molecular formula is C24H31ClN4O4. The van der Waals surface area contributed by atoms with Gasteiger partial charge in [-0.05, 0) is 69.2 Å². The average molecular weight is 475 g/mol. The maximum absolute atomic E-state index is 13.0. The number of carbonyl (C=O) groups excluding carboxylic acids is 1. The summed E-state index contributed by atoms with van der Waals surface area (Å²) >= 11 is 6.40. The maximum atomic E-state index is 13.0. The Labute approximate surface area is 198 Å². The third kappa shape index (κ3) is 5.68. The van der Waals surface area contributed by atoms with Gasteiger partial charge in [0, 0.05) is 26.2 Å². The van der Waals surface area contributed by atoms with E-state index in [0.29, 0.717) is 43.5 Å². The van der Waals surface area contributed by atoms with E-state index in [0.717, 1.165) is 37.0 Å². The van der Waals surface area contributed by atoms with Crippen LogP contribution in [0.2, 0.25) is 5.02 Å². The highest BCUT2D eigenvalue weighted by atomic mass is 35.5. The predicted octanol–water partition coefficient (Wildman–Crippen LogP) is 4.02. The van der Waals surface area contributed by atoms with Crippen LogP contribution in [0, 0.1) is 5.92 Å². The molecule has 33 heavy (non-hydrogen) atoms. The SMILES string of the molecule is CC(C)(C)OC(=O)N1CCc2ccc(-n3ncc(NC[C@H]4CCCOC4)c(Cl)c3=O)cc2C1. The van der Waals surface area contributed by atoms with E-state index >= 15 is 0 Å². The number of hydrogen-bond acceptors (Lipinski definition) is 6. The van der Waals surface area contributed by atoms with Crippen LogP contribution in [-0.4, -0.2) is 52.7 Å². The Morgan fingerprint density at radius 3 is 2.88 bits per heavy atom. The van der Waals surface area contributed by atoms with Gasteiger partial charge in [0.05, 0.1) is 24.2 Å². The Balaban J connectivity index is 1.50. The highest BCUT2D eigenvalue weighted by Crippen LogP contribution is 2.24. The van der Waals surface area contributed by atoms with Crippen molar-refractivity contribution in [1.82, 2.24) is 14.7 Å². The van der Waals surface area contributed by atoms with Crippen molar-refractivity contribution >= 4 is 23.4 Å². The molecule has 2 aromatic rings. The summed E-state index contributed by atoms with van der Waals surface area (Å²) in [6.45, 7) is 8.78. The summed E-state index contributed by atoms with van der Waals surface area (Å²) in [6, 6.07) is 5.73. The van der Waals surface area contributed by atoms with E-state index in [1.807, 2.05) is 39.0 Å². The fourth-order valence-corrected chi connectivity index (χ4v) is 4.32. The van der Waals surface area contributed by atoms with E-state index in [2.05, 4.69) is 10.4 Å². The lowest BCUT2D eigenvalue weighted by Crippen LogP contribution is -2.40. The second-order valence-electron chi connectivity index (χ2n) is 9.66. The number of nitrogens with zero attached hydrogens (tertiary/aromatic N) is 3. The summed E-state index contributed by atoms with van der Waals surface area (Å²) in [6.07, 6.45) is 4.11. The van der Waals surface area contributed by atoms with Crippen LogP contribution in [0.1, 0.15) is 44.7 Å². The minimum absolute atomic E-state index is 0.106. The van der Waals surface area contributed by atoms with Gasteiger partial charge in [-0.1, -0.05) is 17.7 Å². The first-order valence-electron chi connectivity index (χ1n) is 11.4. The van der Waals surface area contributed by atoms with Crippen molar-refractivity contribution in [2.45, 2.75) is 52.2 Å². The number of benzene rings is 1. The third-order valence-corrected chi connectivity index (χ3v) is 6.22. The van der Waals surface area contributed by atoms with Gasteiger partial charge >= 0.3 is 6.09 Å². The number of carbonyl (C=O) groups is 1. The van der Waals surface area contributed by atoms with Gasteiger partial charge in [0.15, 0.2) is 0 Å². The molecule has 0 bridgehead atoms. The molecule has 178 valence electrons. The smallest absolute Gasteiger partial charge is 0.410 e. The zero-order valence-corrected chi connectivity index (χ0v) is 20.2. The van der Waals surface area contributed by atoms with E-state index in [4.69, 9.17) is 21.1 Å².